The first-order valence-corrected chi connectivity index (χ1v) is 8.74. The van der Waals surface area contributed by atoms with Crippen LogP contribution in [0.2, 0.25) is 0 Å². The van der Waals surface area contributed by atoms with Crippen LogP contribution < -0.4 is 0 Å². The van der Waals surface area contributed by atoms with Crippen LogP contribution in [0.25, 0.3) is 0 Å². The normalized spacial score (nSPS) is 26.1. The van der Waals surface area contributed by atoms with Crippen LogP contribution in [-0.2, 0) is 16.6 Å². The fraction of sp³-hybridized carbons (Fsp3) is 0.684. The molecule has 2 aliphatic heterocycles. The Labute approximate surface area is 128 Å². The molecule has 114 valence electrons. The van der Waals surface area contributed by atoms with Gasteiger partial charge in [0.15, 0.2) is 0 Å². The van der Waals surface area contributed by atoms with Crippen molar-refractivity contribution in [1.82, 2.24) is 4.90 Å². The first-order chi connectivity index (χ1) is 10.4. The van der Waals surface area contributed by atoms with Gasteiger partial charge in [0, 0.05) is 19.8 Å². The van der Waals surface area contributed by atoms with Crippen LogP contribution in [0.1, 0.15) is 43.2 Å². The molecule has 0 radical (unpaired) electrons. The second-order valence-corrected chi connectivity index (χ2v) is 7.29. The van der Waals surface area contributed by atoms with E-state index in [1.807, 2.05) is 0 Å². The van der Waals surface area contributed by atoms with E-state index in [9.17, 15) is 0 Å². The molecule has 3 aliphatic rings. The number of aryl methyl sites for hydroxylation is 1. The van der Waals surface area contributed by atoms with E-state index < -0.39 is 0 Å². The summed E-state index contributed by atoms with van der Waals surface area (Å²) in [6.07, 6.45) is 7.96. The molecule has 1 spiro atoms. The molecular formula is C19H27NO. The monoisotopic (exact) mass is 285 g/mol. The van der Waals surface area contributed by atoms with Crippen LogP contribution in [0.3, 0.4) is 0 Å². The first kappa shape index (κ1) is 13.8. The average molecular weight is 285 g/mol. The molecule has 0 unspecified atom stereocenters. The molecule has 0 atom stereocenters. The Morgan fingerprint density at radius 3 is 2.62 bits per heavy atom. The number of fused-ring (bicyclic) bond motifs is 2. The van der Waals surface area contributed by atoms with Crippen molar-refractivity contribution in [3.63, 3.8) is 0 Å². The number of nitrogens with zero attached hydrogens (tertiary/aromatic N) is 1. The summed E-state index contributed by atoms with van der Waals surface area (Å²) in [6.45, 7) is 5.87. The van der Waals surface area contributed by atoms with Crippen molar-refractivity contribution >= 4 is 0 Å². The summed E-state index contributed by atoms with van der Waals surface area (Å²) < 4.78 is 5.49. The summed E-state index contributed by atoms with van der Waals surface area (Å²) in [5, 5.41) is 0. The fourth-order valence-electron chi connectivity index (χ4n) is 4.74. The zero-order chi connectivity index (χ0) is 14.1. The highest BCUT2D eigenvalue weighted by molar-refractivity contribution is 5.39. The number of hydrogen-bond acceptors (Lipinski definition) is 2. The van der Waals surface area contributed by atoms with Crippen molar-refractivity contribution in [1.29, 1.82) is 0 Å². The maximum absolute atomic E-state index is 5.49. The van der Waals surface area contributed by atoms with Crippen LogP contribution in [0, 0.1) is 5.92 Å². The van der Waals surface area contributed by atoms with Crippen LogP contribution in [0.5, 0.6) is 0 Å². The maximum atomic E-state index is 5.49. The molecule has 0 saturated carbocycles. The molecule has 21 heavy (non-hydrogen) atoms. The van der Waals surface area contributed by atoms with Crippen molar-refractivity contribution in [3.05, 3.63) is 35.4 Å². The molecule has 0 N–H and O–H groups in total. The Morgan fingerprint density at radius 1 is 1.05 bits per heavy atom. The molecule has 2 nitrogen and oxygen atoms in total. The van der Waals surface area contributed by atoms with Gasteiger partial charge in [-0.1, -0.05) is 24.3 Å². The van der Waals surface area contributed by atoms with Gasteiger partial charge in [-0.25, -0.2) is 0 Å². The van der Waals surface area contributed by atoms with Gasteiger partial charge in [0.1, 0.15) is 0 Å². The number of benzene rings is 1. The Kier molecular flexibility index (Phi) is 3.76. The summed E-state index contributed by atoms with van der Waals surface area (Å²) in [5.74, 6) is 0.878. The van der Waals surface area contributed by atoms with Crippen molar-refractivity contribution < 1.29 is 4.74 Å². The van der Waals surface area contributed by atoms with Gasteiger partial charge in [0.25, 0.3) is 0 Å². The molecule has 2 fully saturated rings. The molecule has 0 aromatic heterocycles. The SMILES string of the molecule is c1ccc2c(c1)CCC21CCN(CC2CCOCC2)CC1. The van der Waals surface area contributed by atoms with E-state index in [0.29, 0.717) is 5.41 Å². The number of rotatable bonds is 2. The van der Waals surface area contributed by atoms with Gasteiger partial charge in [-0.15, -0.1) is 0 Å². The van der Waals surface area contributed by atoms with Crippen LogP contribution >= 0.6 is 0 Å². The van der Waals surface area contributed by atoms with Crippen molar-refractivity contribution in [2.75, 3.05) is 32.8 Å². The van der Waals surface area contributed by atoms with E-state index in [2.05, 4.69) is 29.2 Å². The van der Waals surface area contributed by atoms with Gasteiger partial charge < -0.3 is 9.64 Å². The minimum Gasteiger partial charge on any atom is -0.381 e. The zero-order valence-corrected chi connectivity index (χ0v) is 13.0. The lowest BCUT2D eigenvalue weighted by atomic mass is 9.73. The molecule has 4 rings (SSSR count). The van der Waals surface area contributed by atoms with E-state index >= 15 is 0 Å². The molecule has 0 bridgehead atoms. The summed E-state index contributed by atoms with van der Waals surface area (Å²) in [7, 11) is 0. The van der Waals surface area contributed by atoms with E-state index in [0.717, 1.165) is 19.1 Å². The largest absolute Gasteiger partial charge is 0.381 e. The Hall–Kier alpha value is -0.860. The average Bonchev–Trinajstić information content (AvgIpc) is 2.90. The standard InChI is InChI=1S/C19H27NO/c1-2-4-18-17(3-1)5-8-19(18)9-11-20(12-10-19)15-16-6-13-21-14-7-16/h1-4,16H,5-15H2. The molecule has 1 aromatic rings. The van der Waals surface area contributed by atoms with Gasteiger partial charge in [0.2, 0.25) is 0 Å². The van der Waals surface area contributed by atoms with Crippen LogP contribution in [-0.4, -0.2) is 37.7 Å². The molecule has 1 aromatic carbocycles. The van der Waals surface area contributed by atoms with Gasteiger partial charge in [-0.05, 0) is 74.1 Å². The van der Waals surface area contributed by atoms with Gasteiger partial charge >= 0.3 is 0 Å². The Morgan fingerprint density at radius 2 is 1.81 bits per heavy atom. The summed E-state index contributed by atoms with van der Waals surface area (Å²) >= 11 is 0. The predicted octanol–water partition coefficient (Wildman–Crippen LogP) is 3.39. The highest BCUT2D eigenvalue weighted by Gasteiger charge is 2.40. The Balaban J connectivity index is 1.39. The molecule has 2 heteroatoms. The number of likely N-dealkylation sites (tertiary alicyclic amines) is 1. The molecule has 1 aliphatic carbocycles. The number of piperidine rings is 1. The topological polar surface area (TPSA) is 12.5 Å². The second kappa shape index (κ2) is 5.73. The van der Waals surface area contributed by atoms with E-state index in [-0.39, 0.29) is 0 Å². The summed E-state index contributed by atoms with van der Waals surface area (Å²) in [5.41, 5.74) is 3.81. The van der Waals surface area contributed by atoms with Crippen LogP contribution in [0.4, 0.5) is 0 Å². The molecule has 0 amide bonds. The minimum atomic E-state index is 0.517. The minimum absolute atomic E-state index is 0.517. The molecular weight excluding hydrogens is 258 g/mol. The third-order valence-corrected chi connectivity index (χ3v) is 6.13. The van der Waals surface area contributed by atoms with Crippen molar-refractivity contribution in [2.45, 2.75) is 43.9 Å². The molecule has 2 heterocycles. The Bertz CT molecular complexity index is 484. The fourth-order valence-corrected chi connectivity index (χ4v) is 4.74. The lowest BCUT2D eigenvalue weighted by Crippen LogP contribution is -2.43. The lowest BCUT2D eigenvalue weighted by Gasteiger charge is -2.41. The highest BCUT2D eigenvalue weighted by atomic mass is 16.5. The first-order valence-electron chi connectivity index (χ1n) is 8.74. The molecule has 2 saturated heterocycles. The third-order valence-electron chi connectivity index (χ3n) is 6.13. The van der Waals surface area contributed by atoms with Gasteiger partial charge in [-0.2, -0.15) is 0 Å². The van der Waals surface area contributed by atoms with E-state index in [1.165, 1.54) is 58.2 Å². The van der Waals surface area contributed by atoms with E-state index in [4.69, 9.17) is 4.74 Å². The lowest BCUT2D eigenvalue weighted by molar-refractivity contribution is 0.0446. The quantitative estimate of drug-likeness (QED) is 0.826. The maximum Gasteiger partial charge on any atom is 0.0469 e. The van der Waals surface area contributed by atoms with Crippen molar-refractivity contribution in [2.24, 2.45) is 5.92 Å². The highest BCUT2D eigenvalue weighted by Crippen LogP contribution is 2.46. The van der Waals surface area contributed by atoms with Gasteiger partial charge in [-0.3, -0.25) is 0 Å². The van der Waals surface area contributed by atoms with E-state index in [1.54, 1.807) is 11.1 Å². The summed E-state index contributed by atoms with van der Waals surface area (Å²) in [6, 6.07) is 9.19. The number of ether oxygens (including phenoxy) is 1. The predicted molar refractivity (Wildman–Crippen MR) is 85.7 cm³/mol. The third kappa shape index (κ3) is 2.64. The number of hydrogen-bond donors (Lipinski definition) is 0. The second-order valence-electron chi connectivity index (χ2n) is 7.29. The summed E-state index contributed by atoms with van der Waals surface area (Å²) in [4.78, 5) is 2.72. The smallest absolute Gasteiger partial charge is 0.0469 e. The van der Waals surface area contributed by atoms with Gasteiger partial charge in [0.05, 0.1) is 0 Å². The zero-order valence-electron chi connectivity index (χ0n) is 13.0. The van der Waals surface area contributed by atoms with Crippen molar-refractivity contribution in [3.8, 4) is 0 Å². The van der Waals surface area contributed by atoms with Crippen LogP contribution in [0.15, 0.2) is 24.3 Å².